The summed E-state index contributed by atoms with van der Waals surface area (Å²) in [6.07, 6.45) is 1.51. The summed E-state index contributed by atoms with van der Waals surface area (Å²) in [7, 11) is 1.62. The van der Waals surface area contributed by atoms with Gasteiger partial charge in [0.15, 0.2) is 5.78 Å². The van der Waals surface area contributed by atoms with Gasteiger partial charge in [-0.1, -0.05) is 0 Å². The highest BCUT2D eigenvalue weighted by molar-refractivity contribution is 5.95. The van der Waals surface area contributed by atoms with Crippen molar-refractivity contribution in [1.82, 2.24) is 9.97 Å². The zero-order valence-electron chi connectivity index (χ0n) is 12.3. The molecular weight excluding hydrogens is 278 g/mol. The minimum absolute atomic E-state index is 0.0452. The number of hydrogen-bond donors (Lipinski definition) is 1. The second-order valence-electron chi connectivity index (χ2n) is 4.86. The van der Waals surface area contributed by atoms with Gasteiger partial charge in [0.25, 0.3) is 0 Å². The van der Waals surface area contributed by atoms with Crippen molar-refractivity contribution in [2.24, 2.45) is 0 Å². The van der Waals surface area contributed by atoms with Crippen molar-refractivity contribution in [3.05, 3.63) is 54.4 Å². The van der Waals surface area contributed by atoms with E-state index >= 15 is 0 Å². The molecule has 0 aliphatic carbocycles. The first-order valence-electron chi connectivity index (χ1n) is 6.84. The number of nitrogens with one attached hydrogen (secondary N) is 1. The van der Waals surface area contributed by atoms with E-state index in [1.165, 1.54) is 6.33 Å². The van der Waals surface area contributed by atoms with Gasteiger partial charge in [-0.3, -0.25) is 4.79 Å². The van der Waals surface area contributed by atoms with Gasteiger partial charge in [0.05, 0.1) is 12.6 Å². The molecule has 0 bridgehead atoms. The topological polar surface area (TPSA) is 64.1 Å². The van der Waals surface area contributed by atoms with Crippen LogP contribution in [0.5, 0.6) is 5.75 Å². The van der Waals surface area contributed by atoms with Crippen LogP contribution in [0.4, 0.5) is 11.5 Å². The molecule has 1 heterocycles. The number of aromatic nitrogens is 2. The zero-order valence-corrected chi connectivity index (χ0v) is 12.3. The van der Waals surface area contributed by atoms with Crippen molar-refractivity contribution in [2.45, 2.75) is 6.92 Å². The molecule has 22 heavy (non-hydrogen) atoms. The molecule has 1 aromatic heterocycles. The van der Waals surface area contributed by atoms with E-state index in [1.807, 2.05) is 30.3 Å². The Bertz CT molecular complexity index is 829. The molecule has 0 amide bonds. The number of ether oxygens (including phenoxy) is 1. The number of hydrogen-bond acceptors (Lipinski definition) is 5. The molecule has 5 heteroatoms. The Morgan fingerprint density at radius 2 is 1.86 bits per heavy atom. The lowest BCUT2D eigenvalue weighted by Gasteiger charge is -2.09. The molecule has 0 saturated heterocycles. The minimum Gasteiger partial charge on any atom is -0.497 e. The first kappa shape index (κ1) is 14.0. The number of fused-ring (bicyclic) bond motifs is 1. The van der Waals surface area contributed by atoms with Gasteiger partial charge in [-0.05, 0) is 49.4 Å². The van der Waals surface area contributed by atoms with Crippen LogP contribution in [0.3, 0.4) is 0 Å². The zero-order chi connectivity index (χ0) is 15.5. The van der Waals surface area contributed by atoms with E-state index < -0.39 is 0 Å². The van der Waals surface area contributed by atoms with E-state index in [1.54, 1.807) is 26.2 Å². The third-order valence-electron chi connectivity index (χ3n) is 3.40. The number of ketones is 1. The molecular formula is C17H15N3O2. The van der Waals surface area contributed by atoms with Gasteiger partial charge in [0.1, 0.15) is 17.9 Å². The lowest BCUT2D eigenvalue weighted by Crippen LogP contribution is -1.97. The van der Waals surface area contributed by atoms with Gasteiger partial charge in [-0.15, -0.1) is 0 Å². The van der Waals surface area contributed by atoms with Crippen LogP contribution in [0.15, 0.2) is 48.8 Å². The summed E-state index contributed by atoms with van der Waals surface area (Å²) in [5, 5.41) is 4.12. The number of Topliss-reactive ketones (excluding diaryl/α,β-unsaturated/α-hetero) is 1. The number of anilines is 2. The van der Waals surface area contributed by atoms with Gasteiger partial charge < -0.3 is 10.1 Å². The fourth-order valence-corrected chi connectivity index (χ4v) is 2.19. The number of benzene rings is 2. The summed E-state index contributed by atoms with van der Waals surface area (Å²) in [6.45, 7) is 1.55. The number of carbonyl (C=O) groups excluding carboxylic acids is 1. The summed E-state index contributed by atoms with van der Waals surface area (Å²) >= 11 is 0. The van der Waals surface area contributed by atoms with Gasteiger partial charge >= 0.3 is 0 Å². The summed E-state index contributed by atoms with van der Waals surface area (Å²) in [5.74, 6) is 1.49. The van der Waals surface area contributed by atoms with Gasteiger partial charge in [0, 0.05) is 16.6 Å². The minimum atomic E-state index is 0.0452. The Kier molecular flexibility index (Phi) is 3.70. The molecule has 0 radical (unpaired) electrons. The molecule has 0 spiro atoms. The summed E-state index contributed by atoms with van der Waals surface area (Å²) in [5.41, 5.74) is 2.37. The maximum absolute atomic E-state index is 11.3. The SMILES string of the molecule is COc1ccc2ncnc(Nc3ccc(C(C)=O)cc3)c2c1. The maximum atomic E-state index is 11.3. The third kappa shape index (κ3) is 2.74. The maximum Gasteiger partial charge on any atom is 0.159 e. The molecule has 1 N–H and O–H groups in total. The van der Waals surface area contributed by atoms with Crippen molar-refractivity contribution in [3.8, 4) is 5.75 Å². The van der Waals surface area contributed by atoms with Crippen molar-refractivity contribution in [1.29, 1.82) is 0 Å². The van der Waals surface area contributed by atoms with Crippen molar-refractivity contribution in [2.75, 3.05) is 12.4 Å². The molecule has 110 valence electrons. The molecule has 0 saturated carbocycles. The van der Waals surface area contributed by atoms with Crippen LogP contribution in [0.2, 0.25) is 0 Å². The van der Waals surface area contributed by atoms with Gasteiger partial charge in [0.2, 0.25) is 0 Å². The predicted octanol–water partition coefficient (Wildman–Crippen LogP) is 3.58. The van der Waals surface area contributed by atoms with E-state index in [4.69, 9.17) is 4.74 Å². The van der Waals surface area contributed by atoms with E-state index in [2.05, 4.69) is 15.3 Å². The monoisotopic (exact) mass is 293 g/mol. The first-order chi connectivity index (χ1) is 10.7. The summed E-state index contributed by atoms with van der Waals surface area (Å²) < 4.78 is 5.25. The van der Waals surface area contributed by atoms with Gasteiger partial charge in [-0.25, -0.2) is 9.97 Å². The molecule has 2 aromatic carbocycles. The van der Waals surface area contributed by atoms with Gasteiger partial charge in [-0.2, -0.15) is 0 Å². The standard InChI is InChI=1S/C17H15N3O2/c1-11(21)12-3-5-13(6-4-12)20-17-15-9-14(22-2)7-8-16(15)18-10-19-17/h3-10H,1-2H3,(H,18,19,20). The molecule has 0 aliphatic rings. The van der Waals surface area contributed by atoms with E-state index in [9.17, 15) is 4.79 Å². The predicted molar refractivity (Wildman–Crippen MR) is 85.8 cm³/mol. The highest BCUT2D eigenvalue weighted by Crippen LogP contribution is 2.26. The normalized spacial score (nSPS) is 10.5. The Balaban J connectivity index is 1.97. The average molecular weight is 293 g/mol. The number of nitrogens with zero attached hydrogens (tertiary/aromatic N) is 2. The number of methoxy groups -OCH3 is 1. The lowest BCUT2D eigenvalue weighted by molar-refractivity contribution is 0.101. The lowest BCUT2D eigenvalue weighted by atomic mass is 10.1. The number of carbonyl (C=O) groups is 1. The Morgan fingerprint density at radius 3 is 2.55 bits per heavy atom. The largest absolute Gasteiger partial charge is 0.497 e. The first-order valence-corrected chi connectivity index (χ1v) is 6.84. The van der Waals surface area contributed by atoms with Crippen LogP contribution >= 0.6 is 0 Å². The van der Waals surface area contributed by atoms with Crippen molar-refractivity contribution >= 4 is 28.2 Å². The van der Waals surface area contributed by atoms with E-state index in [-0.39, 0.29) is 5.78 Å². The molecule has 3 aromatic rings. The van der Waals surface area contributed by atoms with Crippen LogP contribution in [-0.2, 0) is 0 Å². The number of rotatable bonds is 4. The van der Waals surface area contributed by atoms with Crippen LogP contribution < -0.4 is 10.1 Å². The van der Waals surface area contributed by atoms with Crippen LogP contribution in [-0.4, -0.2) is 22.9 Å². The quantitative estimate of drug-likeness (QED) is 0.745. The Morgan fingerprint density at radius 1 is 1.09 bits per heavy atom. The highest BCUT2D eigenvalue weighted by Gasteiger charge is 2.06. The fraction of sp³-hybridized carbons (Fsp3) is 0.118. The Labute approximate surface area is 128 Å². The second kappa shape index (κ2) is 5.81. The highest BCUT2D eigenvalue weighted by atomic mass is 16.5. The van der Waals surface area contributed by atoms with Crippen LogP contribution in [0.25, 0.3) is 10.9 Å². The van der Waals surface area contributed by atoms with Crippen LogP contribution in [0.1, 0.15) is 17.3 Å². The summed E-state index contributed by atoms with van der Waals surface area (Å²) in [6, 6.07) is 12.9. The van der Waals surface area contributed by atoms with E-state index in [0.29, 0.717) is 11.4 Å². The molecule has 5 nitrogen and oxygen atoms in total. The fourth-order valence-electron chi connectivity index (χ4n) is 2.19. The average Bonchev–Trinajstić information content (AvgIpc) is 2.55. The molecule has 0 unspecified atom stereocenters. The Hall–Kier alpha value is -2.95. The molecule has 0 fully saturated rings. The van der Waals surface area contributed by atoms with Crippen LogP contribution in [0, 0.1) is 0 Å². The summed E-state index contributed by atoms with van der Waals surface area (Å²) in [4.78, 5) is 19.8. The molecule has 0 aliphatic heterocycles. The van der Waals surface area contributed by atoms with Crippen molar-refractivity contribution in [3.63, 3.8) is 0 Å². The smallest absolute Gasteiger partial charge is 0.159 e. The van der Waals surface area contributed by atoms with Crippen molar-refractivity contribution < 1.29 is 9.53 Å². The molecule has 0 atom stereocenters. The third-order valence-corrected chi connectivity index (χ3v) is 3.40. The second-order valence-corrected chi connectivity index (χ2v) is 4.86. The van der Waals surface area contributed by atoms with E-state index in [0.717, 1.165) is 22.3 Å². The molecule has 3 rings (SSSR count).